The predicted molar refractivity (Wildman–Crippen MR) is 83.7 cm³/mol. The van der Waals surface area contributed by atoms with E-state index in [4.69, 9.17) is 23.2 Å². The van der Waals surface area contributed by atoms with Crippen molar-refractivity contribution >= 4 is 29.1 Å². The fourth-order valence-corrected chi connectivity index (χ4v) is 3.78. The fourth-order valence-electron chi connectivity index (χ4n) is 3.23. The third kappa shape index (κ3) is 3.05. The third-order valence-electron chi connectivity index (χ3n) is 4.69. The van der Waals surface area contributed by atoms with E-state index in [0.29, 0.717) is 16.6 Å². The van der Waals surface area contributed by atoms with Crippen molar-refractivity contribution < 1.29 is 9.90 Å². The van der Waals surface area contributed by atoms with Gasteiger partial charge in [-0.3, -0.25) is 4.79 Å². The van der Waals surface area contributed by atoms with Gasteiger partial charge >= 0.3 is 0 Å². The molecule has 1 aliphatic carbocycles. The first-order valence-corrected chi connectivity index (χ1v) is 8.14. The number of aliphatic hydroxyl groups excluding tert-OH is 1. The smallest absolute Gasteiger partial charge is 0.226 e. The number of hydrogen-bond donors (Lipinski definition) is 1. The first-order valence-electron chi connectivity index (χ1n) is 7.39. The number of likely N-dealkylation sites (tertiary alicyclic amines) is 1. The van der Waals surface area contributed by atoms with Crippen LogP contribution in [-0.2, 0) is 4.79 Å². The van der Waals surface area contributed by atoms with E-state index in [2.05, 4.69) is 0 Å². The molecule has 1 aromatic rings. The standard InChI is InChI=1S/C16H19Cl2NO2/c1-9(20)10-4-5-19(8-10)16(21)14-7-13(14)12-3-2-11(17)6-15(12)18/h2-3,6,9-10,13-14,20H,4-5,7-8H2,1H3. The number of rotatable bonds is 3. The van der Waals surface area contributed by atoms with E-state index in [9.17, 15) is 9.90 Å². The molecule has 21 heavy (non-hydrogen) atoms. The van der Waals surface area contributed by atoms with Crippen LogP contribution in [0.3, 0.4) is 0 Å². The molecule has 2 fully saturated rings. The largest absolute Gasteiger partial charge is 0.393 e. The number of hydrogen-bond acceptors (Lipinski definition) is 2. The zero-order valence-electron chi connectivity index (χ0n) is 11.9. The van der Waals surface area contributed by atoms with Gasteiger partial charge in [-0.2, -0.15) is 0 Å². The second kappa shape index (κ2) is 5.79. The Labute approximate surface area is 134 Å². The molecule has 1 saturated carbocycles. The second-order valence-corrected chi connectivity index (χ2v) is 7.03. The lowest BCUT2D eigenvalue weighted by Gasteiger charge is -2.18. The predicted octanol–water partition coefficient (Wildman–Crippen LogP) is 3.33. The average Bonchev–Trinajstić information content (AvgIpc) is 3.04. The van der Waals surface area contributed by atoms with Crippen molar-refractivity contribution in [1.82, 2.24) is 4.90 Å². The van der Waals surface area contributed by atoms with Crippen LogP contribution in [0.1, 0.15) is 31.2 Å². The topological polar surface area (TPSA) is 40.5 Å². The van der Waals surface area contributed by atoms with Gasteiger partial charge < -0.3 is 10.0 Å². The van der Waals surface area contributed by atoms with Gasteiger partial charge in [0, 0.05) is 35.0 Å². The lowest BCUT2D eigenvalue weighted by atomic mass is 10.0. The van der Waals surface area contributed by atoms with E-state index in [1.807, 2.05) is 17.0 Å². The molecular weight excluding hydrogens is 309 g/mol. The van der Waals surface area contributed by atoms with Crippen molar-refractivity contribution in [3.63, 3.8) is 0 Å². The number of carbonyl (C=O) groups is 1. The first-order chi connectivity index (χ1) is 9.97. The Kier molecular flexibility index (Phi) is 4.17. The molecule has 3 rings (SSSR count). The SMILES string of the molecule is CC(O)C1CCN(C(=O)C2CC2c2ccc(Cl)cc2Cl)C1. The van der Waals surface area contributed by atoms with Crippen molar-refractivity contribution in [2.45, 2.75) is 31.8 Å². The van der Waals surface area contributed by atoms with Crippen LogP contribution in [-0.4, -0.2) is 35.1 Å². The molecule has 2 aliphatic rings. The molecule has 4 atom stereocenters. The van der Waals surface area contributed by atoms with Gasteiger partial charge in [0.15, 0.2) is 0 Å². The van der Waals surface area contributed by atoms with E-state index in [0.717, 1.165) is 24.9 Å². The van der Waals surface area contributed by atoms with Crippen LogP contribution in [0.5, 0.6) is 0 Å². The molecule has 1 heterocycles. The number of halogens is 2. The quantitative estimate of drug-likeness (QED) is 0.925. The average molecular weight is 328 g/mol. The maximum Gasteiger partial charge on any atom is 0.226 e. The summed E-state index contributed by atoms with van der Waals surface area (Å²) in [5.74, 6) is 0.670. The van der Waals surface area contributed by atoms with E-state index in [1.54, 1.807) is 13.0 Å². The molecule has 0 radical (unpaired) electrons. The van der Waals surface area contributed by atoms with Crippen LogP contribution in [0.2, 0.25) is 10.0 Å². The van der Waals surface area contributed by atoms with Crippen LogP contribution >= 0.6 is 23.2 Å². The van der Waals surface area contributed by atoms with Gasteiger partial charge in [0.05, 0.1) is 6.10 Å². The molecule has 0 spiro atoms. The molecule has 1 amide bonds. The van der Waals surface area contributed by atoms with E-state index in [-0.39, 0.29) is 29.8 Å². The minimum absolute atomic E-state index is 0.0384. The van der Waals surface area contributed by atoms with Crippen molar-refractivity contribution in [1.29, 1.82) is 0 Å². The second-order valence-electron chi connectivity index (χ2n) is 6.19. The highest BCUT2D eigenvalue weighted by Gasteiger charge is 2.47. The van der Waals surface area contributed by atoms with Crippen molar-refractivity contribution in [2.24, 2.45) is 11.8 Å². The maximum absolute atomic E-state index is 12.5. The van der Waals surface area contributed by atoms with E-state index in [1.165, 1.54) is 0 Å². The lowest BCUT2D eigenvalue weighted by Crippen LogP contribution is -2.31. The van der Waals surface area contributed by atoms with E-state index < -0.39 is 0 Å². The molecule has 1 aromatic carbocycles. The number of benzene rings is 1. The third-order valence-corrected chi connectivity index (χ3v) is 5.25. The Balaban J connectivity index is 1.64. The minimum Gasteiger partial charge on any atom is -0.393 e. The zero-order valence-corrected chi connectivity index (χ0v) is 13.4. The van der Waals surface area contributed by atoms with Crippen LogP contribution in [0.15, 0.2) is 18.2 Å². The summed E-state index contributed by atoms with van der Waals surface area (Å²) in [5.41, 5.74) is 1.02. The van der Waals surface area contributed by atoms with Gasteiger partial charge in [-0.1, -0.05) is 29.3 Å². The number of amides is 1. The summed E-state index contributed by atoms with van der Waals surface area (Å²) >= 11 is 12.1. The number of nitrogens with zero attached hydrogens (tertiary/aromatic N) is 1. The minimum atomic E-state index is -0.344. The van der Waals surface area contributed by atoms with Gasteiger partial charge in [0.25, 0.3) is 0 Å². The van der Waals surface area contributed by atoms with Crippen molar-refractivity contribution in [2.75, 3.05) is 13.1 Å². The molecule has 114 valence electrons. The molecule has 4 unspecified atom stereocenters. The summed E-state index contributed by atoms with van der Waals surface area (Å²) in [6, 6.07) is 5.48. The van der Waals surface area contributed by atoms with Gasteiger partial charge in [-0.05, 0) is 43.4 Å². The summed E-state index contributed by atoms with van der Waals surface area (Å²) in [5, 5.41) is 10.9. The number of aliphatic hydroxyl groups is 1. The Morgan fingerprint density at radius 1 is 1.43 bits per heavy atom. The Morgan fingerprint density at radius 2 is 2.19 bits per heavy atom. The Morgan fingerprint density at radius 3 is 2.81 bits per heavy atom. The van der Waals surface area contributed by atoms with Gasteiger partial charge in [0.1, 0.15) is 0 Å². The maximum atomic E-state index is 12.5. The Bertz CT molecular complexity index is 561. The number of carbonyl (C=O) groups excluding carboxylic acids is 1. The summed E-state index contributed by atoms with van der Waals surface area (Å²) < 4.78 is 0. The normalized spacial score (nSPS) is 29.5. The van der Waals surface area contributed by atoms with Crippen LogP contribution in [0.4, 0.5) is 0 Å². The lowest BCUT2D eigenvalue weighted by molar-refractivity contribution is -0.131. The summed E-state index contributed by atoms with van der Waals surface area (Å²) in [6.45, 7) is 3.23. The highest BCUT2D eigenvalue weighted by molar-refractivity contribution is 6.35. The molecular formula is C16H19Cl2NO2. The summed E-state index contributed by atoms with van der Waals surface area (Å²) in [4.78, 5) is 14.4. The van der Waals surface area contributed by atoms with Crippen LogP contribution in [0, 0.1) is 11.8 Å². The van der Waals surface area contributed by atoms with Gasteiger partial charge in [-0.15, -0.1) is 0 Å². The molecule has 5 heteroatoms. The van der Waals surface area contributed by atoms with Crippen molar-refractivity contribution in [3.05, 3.63) is 33.8 Å². The summed E-state index contributed by atoms with van der Waals surface area (Å²) in [6.07, 6.45) is 1.40. The molecule has 0 bridgehead atoms. The van der Waals surface area contributed by atoms with Crippen LogP contribution in [0.25, 0.3) is 0 Å². The highest BCUT2D eigenvalue weighted by atomic mass is 35.5. The first kappa shape index (κ1) is 15.1. The van der Waals surface area contributed by atoms with Crippen molar-refractivity contribution in [3.8, 4) is 0 Å². The fraction of sp³-hybridized carbons (Fsp3) is 0.562. The monoisotopic (exact) mass is 327 g/mol. The molecule has 0 aromatic heterocycles. The molecule has 3 nitrogen and oxygen atoms in total. The molecule has 1 N–H and O–H groups in total. The zero-order chi connectivity index (χ0) is 15.1. The molecule has 1 saturated heterocycles. The molecule has 1 aliphatic heterocycles. The highest BCUT2D eigenvalue weighted by Crippen LogP contribution is 2.51. The van der Waals surface area contributed by atoms with Gasteiger partial charge in [0.2, 0.25) is 5.91 Å². The van der Waals surface area contributed by atoms with E-state index >= 15 is 0 Å². The van der Waals surface area contributed by atoms with Gasteiger partial charge in [-0.25, -0.2) is 0 Å². The summed E-state index contributed by atoms with van der Waals surface area (Å²) in [7, 11) is 0. The Hall–Kier alpha value is -0.770. The van der Waals surface area contributed by atoms with Crippen LogP contribution < -0.4 is 0 Å².